The van der Waals surface area contributed by atoms with Crippen molar-refractivity contribution in [3.8, 4) is 0 Å². The molecule has 0 aromatic carbocycles. The summed E-state index contributed by atoms with van der Waals surface area (Å²) in [6.07, 6.45) is 1.74. The molecule has 0 radical (unpaired) electrons. The maximum atomic E-state index is 11.8. The van der Waals surface area contributed by atoms with Gasteiger partial charge < -0.3 is 16.2 Å². The maximum absolute atomic E-state index is 11.8. The van der Waals surface area contributed by atoms with Crippen molar-refractivity contribution in [2.45, 2.75) is 33.3 Å². The number of guanidine groups is 1. The molecule has 0 aromatic heterocycles. The number of rotatable bonds is 2. The van der Waals surface area contributed by atoms with Crippen molar-refractivity contribution in [1.82, 2.24) is 0 Å². The molecule has 0 amide bonds. The SMILES string of the molecule is CCS(C)(N=C(N)N)C(=O)OC(C)(C)C. The normalized spacial score (nSPS) is 17.4. The van der Waals surface area contributed by atoms with Gasteiger partial charge in [-0.25, -0.2) is 4.79 Å². The third-order valence-electron chi connectivity index (χ3n) is 1.62. The van der Waals surface area contributed by atoms with E-state index in [0.717, 1.165) is 0 Å². The fourth-order valence-corrected chi connectivity index (χ4v) is 2.13. The Balaban J connectivity index is 4.83. The second kappa shape index (κ2) is 4.74. The maximum Gasteiger partial charge on any atom is 0.368 e. The smallest absolute Gasteiger partial charge is 0.368 e. The van der Waals surface area contributed by atoms with E-state index in [4.69, 9.17) is 16.2 Å². The van der Waals surface area contributed by atoms with Crippen molar-refractivity contribution in [1.29, 1.82) is 0 Å². The Bertz CT molecular complexity index is 269. The highest BCUT2D eigenvalue weighted by atomic mass is 32.3. The minimum absolute atomic E-state index is 0.0693. The Morgan fingerprint density at radius 1 is 1.40 bits per heavy atom. The molecule has 0 rings (SSSR count). The lowest BCUT2D eigenvalue weighted by Crippen LogP contribution is -2.29. The van der Waals surface area contributed by atoms with Gasteiger partial charge in [0.25, 0.3) is 0 Å². The van der Waals surface area contributed by atoms with Gasteiger partial charge in [-0.2, -0.15) is 4.40 Å². The van der Waals surface area contributed by atoms with Gasteiger partial charge in [0.1, 0.15) is 5.60 Å². The average molecular weight is 235 g/mol. The molecular formula is C9H21N3O2S. The Labute approximate surface area is 92.7 Å². The monoisotopic (exact) mass is 235 g/mol. The highest BCUT2D eigenvalue weighted by Crippen LogP contribution is 2.47. The van der Waals surface area contributed by atoms with Gasteiger partial charge in [-0.1, -0.05) is 6.92 Å². The molecule has 0 saturated heterocycles. The first-order chi connectivity index (χ1) is 6.60. The largest absolute Gasteiger partial charge is 0.452 e. The van der Waals surface area contributed by atoms with Crippen molar-refractivity contribution in [2.75, 3.05) is 12.0 Å². The fourth-order valence-electron chi connectivity index (χ4n) is 0.792. The summed E-state index contributed by atoms with van der Waals surface area (Å²) in [5.41, 5.74) is 10.1. The molecule has 90 valence electrons. The van der Waals surface area contributed by atoms with E-state index in [2.05, 4.69) is 4.40 Å². The van der Waals surface area contributed by atoms with Crippen molar-refractivity contribution >= 4 is 21.5 Å². The molecule has 0 spiro atoms. The Kier molecular flexibility index (Phi) is 4.45. The quantitative estimate of drug-likeness (QED) is 0.432. The van der Waals surface area contributed by atoms with Crippen LogP contribution < -0.4 is 11.5 Å². The first-order valence-corrected chi connectivity index (χ1v) is 6.87. The third kappa shape index (κ3) is 4.92. The van der Waals surface area contributed by atoms with Crippen LogP contribution in [0.3, 0.4) is 0 Å². The van der Waals surface area contributed by atoms with Crippen LogP contribution in [0, 0.1) is 0 Å². The molecular weight excluding hydrogens is 214 g/mol. The number of hydrogen-bond donors (Lipinski definition) is 2. The molecule has 0 saturated carbocycles. The van der Waals surface area contributed by atoms with Crippen molar-refractivity contribution < 1.29 is 9.53 Å². The van der Waals surface area contributed by atoms with Crippen molar-refractivity contribution in [2.24, 2.45) is 15.9 Å². The van der Waals surface area contributed by atoms with Crippen LogP contribution >= 0.6 is 10.2 Å². The van der Waals surface area contributed by atoms with Crippen molar-refractivity contribution in [3.05, 3.63) is 0 Å². The van der Waals surface area contributed by atoms with E-state index in [1.54, 1.807) is 6.26 Å². The molecule has 0 aliphatic rings. The first-order valence-electron chi connectivity index (χ1n) is 4.70. The predicted molar refractivity (Wildman–Crippen MR) is 66.1 cm³/mol. The number of nitrogens with two attached hydrogens (primary N) is 2. The van der Waals surface area contributed by atoms with Crippen LogP contribution in [-0.4, -0.2) is 28.9 Å². The van der Waals surface area contributed by atoms with Gasteiger partial charge in [0.05, 0.1) is 0 Å². The van der Waals surface area contributed by atoms with Crippen LogP contribution in [0.2, 0.25) is 0 Å². The Morgan fingerprint density at radius 2 is 1.87 bits per heavy atom. The van der Waals surface area contributed by atoms with Gasteiger partial charge in [0.15, 0.2) is 5.96 Å². The summed E-state index contributed by atoms with van der Waals surface area (Å²) in [4.78, 5) is 11.8. The molecule has 0 bridgehead atoms. The zero-order valence-electron chi connectivity index (χ0n) is 10.0. The van der Waals surface area contributed by atoms with Crippen molar-refractivity contribution in [3.63, 3.8) is 0 Å². The van der Waals surface area contributed by atoms with Crippen LogP contribution in [0.4, 0.5) is 4.79 Å². The van der Waals surface area contributed by atoms with E-state index in [0.29, 0.717) is 5.75 Å². The molecule has 15 heavy (non-hydrogen) atoms. The minimum atomic E-state index is -1.91. The molecule has 5 nitrogen and oxygen atoms in total. The predicted octanol–water partition coefficient (Wildman–Crippen LogP) is 1.56. The molecule has 0 aromatic rings. The number of nitrogens with zero attached hydrogens (tertiary/aromatic N) is 1. The molecule has 4 N–H and O–H groups in total. The van der Waals surface area contributed by atoms with E-state index < -0.39 is 15.8 Å². The summed E-state index contributed by atoms with van der Waals surface area (Å²) >= 11 is 0. The van der Waals surface area contributed by atoms with Crippen LogP contribution in [0.5, 0.6) is 0 Å². The van der Waals surface area contributed by atoms with E-state index in [-0.39, 0.29) is 11.3 Å². The Hall–Kier alpha value is -0.910. The Morgan fingerprint density at radius 3 is 2.13 bits per heavy atom. The summed E-state index contributed by atoms with van der Waals surface area (Å²) < 4.78 is 9.27. The third-order valence-corrected chi connectivity index (χ3v) is 4.16. The highest BCUT2D eigenvalue weighted by Gasteiger charge is 2.30. The summed E-state index contributed by atoms with van der Waals surface area (Å²) in [5.74, 6) is 0.500. The fraction of sp³-hybridized carbons (Fsp3) is 0.778. The zero-order chi connectivity index (χ0) is 12.3. The second-order valence-electron chi connectivity index (χ2n) is 4.31. The van der Waals surface area contributed by atoms with Gasteiger partial charge in [-0.3, -0.25) is 0 Å². The first kappa shape index (κ1) is 14.1. The summed E-state index contributed by atoms with van der Waals surface area (Å²) in [7, 11) is -1.91. The molecule has 0 aliphatic heterocycles. The number of ether oxygens (including phenoxy) is 1. The lowest BCUT2D eigenvalue weighted by atomic mass is 10.2. The second-order valence-corrected chi connectivity index (χ2v) is 7.48. The molecule has 1 atom stereocenters. The molecule has 1 unspecified atom stereocenters. The van der Waals surface area contributed by atoms with Gasteiger partial charge in [-0.05, 0) is 37.2 Å². The summed E-state index contributed by atoms with van der Waals surface area (Å²) in [6.45, 7) is 7.31. The van der Waals surface area contributed by atoms with Gasteiger partial charge >= 0.3 is 5.30 Å². The zero-order valence-corrected chi connectivity index (χ0v) is 10.9. The van der Waals surface area contributed by atoms with E-state index in [1.165, 1.54) is 0 Å². The van der Waals surface area contributed by atoms with Gasteiger partial charge in [0.2, 0.25) is 0 Å². The molecule has 6 heteroatoms. The van der Waals surface area contributed by atoms with E-state index in [9.17, 15) is 4.79 Å². The average Bonchev–Trinajstić information content (AvgIpc) is 1.99. The summed E-state index contributed by atoms with van der Waals surface area (Å²) in [6, 6.07) is 0. The standard InChI is InChI=1S/C9H21N3O2S/c1-6-15(5,12-7(10)11)8(13)14-9(2,3)4/h6H2,1-5H3,(H4,10,11,12). The van der Waals surface area contributed by atoms with Crippen LogP contribution in [0.25, 0.3) is 0 Å². The highest BCUT2D eigenvalue weighted by molar-refractivity contribution is 8.43. The number of hydrogen-bond acceptors (Lipinski definition) is 3. The molecule has 0 heterocycles. The summed E-state index contributed by atoms with van der Waals surface area (Å²) in [5, 5.41) is -0.328. The molecule has 0 fully saturated rings. The van der Waals surface area contributed by atoms with Crippen LogP contribution in [-0.2, 0) is 4.74 Å². The number of carbonyl (C=O) groups excluding carboxylic acids is 1. The topological polar surface area (TPSA) is 90.7 Å². The lowest BCUT2D eigenvalue weighted by molar-refractivity contribution is 0.0730. The van der Waals surface area contributed by atoms with E-state index >= 15 is 0 Å². The lowest BCUT2D eigenvalue weighted by Gasteiger charge is -2.31. The van der Waals surface area contributed by atoms with Gasteiger partial charge in [-0.15, -0.1) is 0 Å². The minimum Gasteiger partial charge on any atom is -0.452 e. The number of carbonyl (C=O) groups is 1. The van der Waals surface area contributed by atoms with Gasteiger partial charge in [0, 0.05) is 5.75 Å². The molecule has 0 aliphatic carbocycles. The van der Waals surface area contributed by atoms with Crippen LogP contribution in [0.1, 0.15) is 27.7 Å². The van der Waals surface area contributed by atoms with Crippen LogP contribution in [0.15, 0.2) is 4.40 Å². The van der Waals surface area contributed by atoms with E-state index in [1.807, 2.05) is 27.7 Å².